The molecule has 0 aromatic heterocycles. The Morgan fingerprint density at radius 3 is 2.33 bits per heavy atom. The molecule has 0 saturated carbocycles. The van der Waals surface area contributed by atoms with Gasteiger partial charge in [0, 0.05) is 35.2 Å². The van der Waals surface area contributed by atoms with Gasteiger partial charge in [0.15, 0.2) is 5.84 Å². The van der Waals surface area contributed by atoms with Crippen LogP contribution in [0, 0.1) is 17.2 Å². The van der Waals surface area contributed by atoms with Crippen LogP contribution in [0.25, 0.3) is 33.4 Å². The Morgan fingerprint density at radius 2 is 1.48 bits per heavy atom. The molecule has 5 aliphatic rings. The minimum Gasteiger partial charge on any atom is -0.489 e. The second-order valence-electron chi connectivity index (χ2n) is 14.9. The molecule has 5 aromatic rings. The van der Waals surface area contributed by atoms with Crippen molar-refractivity contribution >= 4 is 22.7 Å². The van der Waals surface area contributed by atoms with Crippen LogP contribution in [0.2, 0.25) is 0 Å². The topological polar surface area (TPSA) is 57.7 Å². The molecule has 0 radical (unpaired) electrons. The fourth-order valence-electron chi connectivity index (χ4n) is 8.93. The number of nitrogens with zero attached hydrogens (tertiary/aromatic N) is 3. The molecule has 5 aromatic carbocycles. The lowest BCUT2D eigenvalue weighted by Crippen LogP contribution is -2.22. The summed E-state index contributed by atoms with van der Waals surface area (Å²) in [4.78, 5) is 10.0. The number of aliphatic imine (C=N–C) groups is 2. The van der Waals surface area contributed by atoms with E-state index in [0.29, 0.717) is 5.56 Å². The average Bonchev–Trinajstić information content (AvgIpc) is 3.46. The van der Waals surface area contributed by atoms with Gasteiger partial charge in [-0.3, -0.25) is 4.99 Å². The minimum absolute atomic E-state index is 0.167. The van der Waals surface area contributed by atoms with Crippen LogP contribution < -0.4 is 4.74 Å². The molecule has 2 unspecified atom stereocenters. The summed E-state index contributed by atoms with van der Waals surface area (Å²) < 4.78 is 6.50. The molecule has 260 valence electrons. The van der Waals surface area contributed by atoms with E-state index < -0.39 is 0 Å². The molecule has 0 amide bonds. The average molecular weight is 698 g/mol. The molecule has 0 fully saturated rings. The molecule has 3 aliphatic carbocycles. The fourth-order valence-corrected chi connectivity index (χ4v) is 8.93. The Bertz CT molecular complexity index is 2520. The summed E-state index contributed by atoms with van der Waals surface area (Å²) in [5.74, 6) is 2.32. The van der Waals surface area contributed by atoms with Crippen molar-refractivity contribution in [3.05, 3.63) is 185 Å². The Morgan fingerprint density at radius 1 is 0.685 bits per heavy atom. The standard InChI is InChI=1S/C50H39N3O/c51-31-32-12-14-34(15-13-32)38-21-24-48-45(29-38)46-30-39(22-25-49(46)54-48)42-9-5-10-43-41(8-4-11-44(42)43)35-16-18-36(19-17-35)50-52-27-26-40-28-37(20-23-47(40)53-50)33-6-2-1-3-7-33/h1-4,6-9,11-21,23-24,28-30,40,46,49H,5,10,22,25-27H2/t40-,46?,49?/m0/s1. The van der Waals surface area contributed by atoms with Crippen molar-refractivity contribution in [1.82, 2.24) is 0 Å². The summed E-state index contributed by atoms with van der Waals surface area (Å²) in [5.41, 5.74) is 17.0. The molecule has 10 rings (SSSR count). The number of ether oxygens (including phenoxy) is 1. The number of amidine groups is 1. The first-order valence-electron chi connectivity index (χ1n) is 19.2. The van der Waals surface area contributed by atoms with E-state index in [2.05, 4.69) is 127 Å². The van der Waals surface area contributed by atoms with E-state index in [4.69, 9.17) is 14.7 Å². The van der Waals surface area contributed by atoms with Crippen molar-refractivity contribution in [2.24, 2.45) is 15.9 Å². The SMILES string of the molecule is N#Cc1ccc(-c2ccc3c(c2)C2C=C(C4=CCCc5c4cccc5-c4ccc(C5=NCC[C@H]6C=C(c7ccccc7)C=CC6=N5)cc4)CCC2O3)cc1. The molecule has 4 heteroatoms. The highest BCUT2D eigenvalue weighted by Crippen LogP contribution is 2.49. The molecule has 2 heterocycles. The molecule has 0 spiro atoms. The lowest BCUT2D eigenvalue weighted by Gasteiger charge is -2.28. The van der Waals surface area contributed by atoms with E-state index in [1.54, 1.807) is 0 Å². The van der Waals surface area contributed by atoms with Gasteiger partial charge in [-0.05, 0) is 118 Å². The van der Waals surface area contributed by atoms with E-state index in [1.165, 1.54) is 50.1 Å². The minimum atomic E-state index is 0.167. The van der Waals surface area contributed by atoms with E-state index >= 15 is 0 Å². The monoisotopic (exact) mass is 697 g/mol. The van der Waals surface area contributed by atoms with Crippen molar-refractivity contribution in [1.29, 1.82) is 5.26 Å². The molecular formula is C50H39N3O. The number of rotatable bonds is 5. The third-order valence-corrected chi connectivity index (χ3v) is 11.7. The summed E-state index contributed by atoms with van der Waals surface area (Å²) in [6.07, 6.45) is 16.9. The zero-order valence-corrected chi connectivity index (χ0v) is 30.1. The van der Waals surface area contributed by atoms with E-state index in [-0.39, 0.29) is 17.9 Å². The van der Waals surface area contributed by atoms with Crippen LogP contribution in [-0.4, -0.2) is 24.2 Å². The van der Waals surface area contributed by atoms with Gasteiger partial charge >= 0.3 is 0 Å². The van der Waals surface area contributed by atoms with Gasteiger partial charge in [-0.25, -0.2) is 4.99 Å². The number of allylic oxidation sites excluding steroid dienone is 7. The normalized spacial score (nSPS) is 20.9. The van der Waals surface area contributed by atoms with Crippen LogP contribution in [0.4, 0.5) is 0 Å². The second-order valence-corrected chi connectivity index (χ2v) is 14.9. The van der Waals surface area contributed by atoms with E-state index in [0.717, 1.165) is 72.6 Å². The molecule has 0 N–H and O–H groups in total. The van der Waals surface area contributed by atoms with Gasteiger partial charge in [-0.1, -0.05) is 115 Å². The van der Waals surface area contributed by atoms with Gasteiger partial charge in [0.1, 0.15) is 11.9 Å². The Labute approximate surface area is 316 Å². The van der Waals surface area contributed by atoms with Gasteiger partial charge < -0.3 is 4.74 Å². The molecule has 0 bridgehead atoms. The third-order valence-electron chi connectivity index (χ3n) is 11.7. The molecule has 54 heavy (non-hydrogen) atoms. The maximum atomic E-state index is 9.26. The van der Waals surface area contributed by atoms with Crippen molar-refractivity contribution in [3.8, 4) is 34.1 Å². The predicted molar refractivity (Wildman–Crippen MR) is 220 cm³/mol. The molecule has 0 saturated heterocycles. The number of nitriles is 1. The zero-order valence-electron chi connectivity index (χ0n) is 30.1. The van der Waals surface area contributed by atoms with Gasteiger partial charge in [0.2, 0.25) is 0 Å². The lowest BCUT2D eigenvalue weighted by atomic mass is 9.77. The second kappa shape index (κ2) is 13.6. The Hall–Kier alpha value is -6.31. The van der Waals surface area contributed by atoms with Crippen molar-refractivity contribution in [2.75, 3.05) is 6.54 Å². The highest BCUT2D eigenvalue weighted by atomic mass is 16.5. The lowest BCUT2D eigenvalue weighted by molar-refractivity contribution is 0.203. The molecular weight excluding hydrogens is 659 g/mol. The predicted octanol–water partition coefficient (Wildman–Crippen LogP) is 11.3. The van der Waals surface area contributed by atoms with Crippen molar-refractivity contribution in [3.63, 3.8) is 0 Å². The number of fused-ring (bicyclic) bond motifs is 5. The van der Waals surface area contributed by atoms with Crippen LogP contribution in [0.3, 0.4) is 0 Å². The van der Waals surface area contributed by atoms with Gasteiger partial charge in [0.05, 0.1) is 11.6 Å². The molecule has 3 atom stereocenters. The maximum Gasteiger partial charge on any atom is 0.154 e. The van der Waals surface area contributed by atoms with Crippen LogP contribution in [0.15, 0.2) is 161 Å². The largest absolute Gasteiger partial charge is 0.489 e. The summed E-state index contributed by atoms with van der Waals surface area (Å²) in [5, 5.41) is 9.26. The Kier molecular flexibility index (Phi) is 8.14. The van der Waals surface area contributed by atoms with Crippen LogP contribution >= 0.6 is 0 Å². The number of hydrogen-bond donors (Lipinski definition) is 0. The first-order valence-corrected chi connectivity index (χ1v) is 19.2. The first kappa shape index (κ1) is 32.3. The molecule has 2 aliphatic heterocycles. The zero-order chi connectivity index (χ0) is 36.0. The highest BCUT2D eigenvalue weighted by molar-refractivity contribution is 6.13. The number of benzene rings is 5. The summed E-state index contributed by atoms with van der Waals surface area (Å²) in [6, 6.07) is 42.9. The van der Waals surface area contributed by atoms with Crippen molar-refractivity contribution in [2.45, 2.75) is 44.1 Å². The fraction of sp³-hybridized carbons (Fsp3) is 0.180. The Balaban J connectivity index is 0.906. The molecule has 4 nitrogen and oxygen atoms in total. The van der Waals surface area contributed by atoms with Gasteiger partial charge in [0.25, 0.3) is 0 Å². The van der Waals surface area contributed by atoms with Crippen LogP contribution in [0.1, 0.15) is 65.0 Å². The van der Waals surface area contributed by atoms with Crippen molar-refractivity contribution < 1.29 is 4.74 Å². The summed E-state index contributed by atoms with van der Waals surface area (Å²) >= 11 is 0. The third kappa shape index (κ3) is 5.87. The van der Waals surface area contributed by atoms with Crippen LogP contribution in [-0.2, 0) is 6.42 Å². The highest BCUT2D eigenvalue weighted by Gasteiger charge is 2.37. The maximum absolute atomic E-state index is 9.26. The van der Waals surface area contributed by atoms with Crippen LogP contribution in [0.5, 0.6) is 5.75 Å². The van der Waals surface area contributed by atoms with Gasteiger partial charge in [-0.15, -0.1) is 0 Å². The van der Waals surface area contributed by atoms with Gasteiger partial charge in [-0.2, -0.15) is 5.26 Å². The summed E-state index contributed by atoms with van der Waals surface area (Å²) in [7, 11) is 0. The first-order chi connectivity index (χ1) is 26.7. The smallest absolute Gasteiger partial charge is 0.154 e. The van der Waals surface area contributed by atoms with E-state index in [1.807, 2.05) is 24.3 Å². The summed E-state index contributed by atoms with van der Waals surface area (Å²) in [6.45, 7) is 0.760. The van der Waals surface area contributed by atoms with E-state index in [9.17, 15) is 5.26 Å². The quantitative estimate of drug-likeness (QED) is 0.184. The number of hydrogen-bond acceptors (Lipinski definition) is 4.